The van der Waals surface area contributed by atoms with E-state index < -0.39 is 23.1 Å². The fourth-order valence-corrected chi connectivity index (χ4v) is 1.95. The van der Waals surface area contributed by atoms with Crippen LogP contribution in [0.4, 0.5) is 14.5 Å². The van der Waals surface area contributed by atoms with Crippen molar-refractivity contribution in [1.29, 1.82) is 0 Å². The Morgan fingerprint density at radius 3 is 2.25 bits per heavy atom. The van der Waals surface area contributed by atoms with Gasteiger partial charge in [-0.1, -0.05) is 18.2 Å². The van der Waals surface area contributed by atoms with Crippen LogP contribution in [0.25, 0.3) is 0 Å². The highest BCUT2D eigenvalue weighted by Gasteiger charge is 2.24. The number of para-hydroxylation sites is 2. The van der Waals surface area contributed by atoms with Gasteiger partial charge in [-0.25, -0.2) is 8.78 Å². The van der Waals surface area contributed by atoms with Crippen LogP contribution in [0.15, 0.2) is 42.5 Å². The van der Waals surface area contributed by atoms with Crippen molar-refractivity contribution in [2.45, 2.75) is 6.92 Å². The van der Waals surface area contributed by atoms with Crippen LogP contribution in [-0.4, -0.2) is 17.6 Å². The number of carbonyl (C=O) groups is 1. The SMILES string of the molecule is CCN(C(=O)c1c(F)cccc1F)c1ccccc1O. The Kier molecular flexibility index (Phi) is 3.98. The minimum Gasteiger partial charge on any atom is -0.506 e. The quantitative estimate of drug-likeness (QED) is 0.934. The van der Waals surface area contributed by atoms with Crippen LogP contribution >= 0.6 is 0 Å². The molecule has 2 aromatic rings. The van der Waals surface area contributed by atoms with Gasteiger partial charge in [0.15, 0.2) is 0 Å². The minimum atomic E-state index is -0.927. The lowest BCUT2D eigenvalue weighted by molar-refractivity contribution is 0.0979. The zero-order valence-corrected chi connectivity index (χ0v) is 10.8. The van der Waals surface area contributed by atoms with Crippen molar-refractivity contribution in [1.82, 2.24) is 0 Å². The Morgan fingerprint density at radius 2 is 1.70 bits per heavy atom. The van der Waals surface area contributed by atoms with Crippen LogP contribution in [0.3, 0.4) is 0 Å². The summed E-state index contributed by atoms with van der Waals surface area (Å²) in [6.45, 7) is 1.83. The van der Waals surface area contributed by atoms with Crippen LogP contribution in [0.5, 0.6) is 5.75 Å². The number of halogens is 2. The van der Waals surface area contributed by atoms with Gasteiger partial charge in [0.05, 0.1) is 5.69 Å². The molecule has 1 N–H and O–H groups in total. The molecule has 104 valence electrons. The smallest absolute Gasteiger partial charge is 0.264 e. The van der Waals surface area contributed by atoms with E-state index in [2.05, 4.69) is 0 Å². The van der Waals surface area contributed by atoms with Crippen LogP contribution < -0.4 is 4.90 Å². The lowest BCUT2D eigenvalue weighted by Crippen LogP contribution is -2.32. The number of nitrogens with zero attached hydrogens (tertiary/aromatic N) is 1. The molecule has 0 atom stereocenters. The van der Waals surface area contributed by atoms with Gasteiger partial charge in [0.2, 0.25) is 0 Å². The summed E-state index contributed by atoms with van der Waals surface area (Å²) in [6, 6.07) is 9.38. The van der Waals surface area contributed by atoms with Crippen molar-refractivity contribution in [2.24, 2.45) is 0 Å². The number of hydrogen-bond acceptors (Lipinski definition) is 2. The van der Waals surface area contributed by atoms with Crippen molar-refractivity contribution in [3.63, 3.8) is 0 Å². The molecule has 0 aliphatic rings. The molecule has 20 heavy (non-hydrogen) atoms. The van der Waals surface area contributed by atoms with E-state index in [0.29, 0.717) is 0 Å². The fraction of sp³-hybridized carbons (Fsp3) is 0.133. The molecule has 0 saturated heterocycles. The molecule has 1 amide bonds. The first kappa shape index (κ1) is 14.0. The molecule has 0 spiro atoms. The predicted octanol–water partition coefficient (Wildman–Crippen LogP) is 3.34. The molecule has 0 aliphatic heterocycles. The summed E-state index contributed by atoms with van der Waals surface area (Å²) >= 11 is 0. The lowest BCUT2D eigenvalue weighted by Gasteiger charge is -2.22. The van der Waals surface area contributed by atoms with Gasteiger partial charge in [-0.15, -0.1) is 0 Å². The second kappa shape index (κ2) is 5.69. The van der Waals surface area contributed by atoms with E-state index in [0.717, 1.165) is 17.0 Å². The number of benzene rings is 2. The monoisotopic (exact) mass is 277 g/mol. The maximum Gasteiger partial charge on any atom is 0.264 e. The van der Waals surface area contributed by atoms with Gasteiger partial charge in [-0.3, -0.25) is 4.79 Å². The number of aromatic hydroxyl groups is 1. The minimum absolute atomic E-state index is 0.126. The van der Waals surface area contributed by atoms with E-state index in [4.69, 9.17) is 0 Å². The summed E-state index contributed by atoms with van der Waals surface area (Å²) in [5, 5.41) is 9.77. The zero-order valence-electron chi connectivity index (χ0n) is 10.8. The van der Waals surface area contributed by atoms with E-state index in [1.165, 1.54) is 18.2 Å². The van der Waals surface area contributed by atoms with Gasteiger partial charge in [0, 0.05) is 6.54 Å². The molecule has 0 aliphatic carbocycles. The molecule has 0 aromatic heterocycles. The van der Waals surface area contributed by atoms with Crippen molar-refractivity contribution >= 4 is 11.6 Å². The third kappa shape index (κ3) is 2.47. The molecule has 2 rings (SSSR count). The molecule has 0 bridgehead atoms. The fourth-order valence-electron chi connectivity index (χ4n) is 1.95. The number of carbonyl (C=O) groups excluding carboxylic acids is 1. The summed E-state index contributed by atoms with van der Waals surface area (Å²) in [5.74, 6) is -2.81. The number of amides is 1. The summed E-state index contributed by atoms with van der Waals surface area (Å²) < 4.78 is 27.3. The predicted molar refractivity (Wildman–Crippen MR) is 71.8 cm³/mol. The van der Waals surface area contributed by atoms with E-state index in [-0.39, 0.29) is 18.0 Å². The van der Waals surface area contributed by atoms with Gasteiger partial charge in [-0.05, 0) is 31.2 Å². The Labute approximate surface area is 115 Å². The Balaban J connectivity index is 2.48. The average molecular weight is 277 g/mol. The summed E-state index contributed by atoms with van der Waals surface area (Å²) in [4.78, 5) is 13.4. The van der Waals surface area contributed by atoms with Gasteiger partial charge >= 0.3 is 0 Å². The van der Waals surface area contributed by atoms with Crippen LogP contribution in [0.1, 0.15) is 17.3 Å². The first-order valence-electron chi connectivity index (χ1n) is 6.10. The van der Waals surface area contributed by atoms with E-state index in [1.54, 1.807) is 19.1 Å². The zero-order chi connectivity index (χ0) is 14.7. The van der Waals surface area contributed by atoms with Crippen molar-refractivity contribution in [3.8, 4) is 5.75 Å². The highest BCUT2D eigenvalue weighted by atomic mass is 19.1. The summed E-state index contributed by atoms with van der Waals surface area (Å²) in [6.07, 6.45) is 0. The maximum atomic E-state index is 13.7. The van der Waals surface area contributed by atoms with Crippen LogP contribution in [0, 0.1) is 11.6 Å². The summed E-state index contributed by atoms with van der Waals surface area (Å²) in [5.41, 5.74) is -0.416. The Morgan fingerprint density at radius 1 is 1.10 bits per heavy atom. The normalized spacial score (nSPS) is 10.3. The number of anilines is 1. The van der Waals surface area contributed by atoms with Gasteiger partial charge < -0.3 is 10.0 Å². The molecule has 0 radical (unpaired) electrons. The second-order valence-electron chi connectivity index (χ2n) is 4.13. The first-order valence-corrected chi connectivity index (χ1v) is 6.10. The average Bonchev–Trinajstić information content (AvgIpc) is 2.41. The van der Waals surface area contributed by atoms with Crippen LogP contribution in [-0.2, 0) is 0 Å². The number of phenolic OH excluding ortho intramolecular Hbond substituents is 1. The number of rotatable bonds is 3. The molecule has 0 heterocycles. The number of phenols is 1. The number of hydrogen-bond donors (Lipinski definition) is 1. The highest BCUT2D eigenvalue weighted by Crippen LogP contribution is 2.28. The van der Waals surface area contributed by atoms with Crippen molar-refractivity contribution < 1.29 is 18.7 Å². The molecule has 2 aromatic carbocycles. The van der Waals surface area contributed by atoms with Gasteiger partial charge in [0.1, 0.15) is 22.9 Å². The standard InChI is InChI=1S/C15H13F2NO2/c1-2-18(12-8-3-4-9-13(12)19)15(20)14-10(16)6-5-7-11(14)17/h3-9,19H,2H2,1H3. The third-order valence-corrected chi connectivity index (χ3v) is 2.91. The molecule has 0 unspecified atom stereocenters. The molecule has 3 nitrogen and oxygen atoms in total. The van der Waals surface area contributed by atoms with E-state index >= 15 is 0 Å². The Bertz CT molecular complexity index is 623. The molecular formula is C15H13F2NO2. The van der Waals surface area contributed by atoms with Gasteiger partial charge in [-0.2, -0.15) is 0 Å². The molecule has 0 fully saturated rings. The molecule has 5 heteroatoms. The van der Waals surface area contributed by atoms with E-state index in [1.807, 2.05) is 0 Å². The maximum absolute atomic E-state index is 13.7. The summed E-state index contributed by atoms with van der Waals surface area (Å²) in [7, 11) is 0. The van der Waals surface area contributed by atoms with Crippen molar-refractivity contribution in [3.05, 3.63) is 59.7 Å². The third-order valence-electron chi connectivity index (χ3n) is 2.91. The topological polar surface area (TPSA) is 40.5 Å². The highest BCUT2D eigenvalue weighted by molar-refractivity contribution is 6.07. The lowest BCUT2D eigenvalue weighted by atomic mass is 10.1. The largest absolute Gasteiger partial charge is 0.506 e. The van der Waals surface area contributed by atoms with E-state index in [9.17, 15) is 18.7 Å². The first-order chi connectivity index (χ1) is 9.56. The Hall–Kier alpha value is -2.43. The molecular weight excluding hydrogens is 264 g/mol. The molecule has 0 saturated carbocycles. The van der Waals surface area contributed by atoms with Gasteiger partial charge in [0.25, 0.3) is 5.91 Å². The van der Waals surface area contributed by atoms with Crippen molar-refractivity contribution in [2.75, 3.05) is 11.4 Å². The second-order valence-corrected chi connectivity index (χ2v) is 4.13. The van der Waals surface area contributed by atoms with Crippen LogP contribution in [0.2, 0.25) is 0 Å².